The predicted octanol–water partition coefficient (Wildman–Crippen LogP) is 2.80. The van der Waals surface area contributed by atoms with Crippen molar-refractivity contribution in [2.24, 2.45) is 5.92 Å². The SMILES string of the molecule is CCCNCc1coc(N(CC)CC2CCC2)n1. The molecule has 18 heavy (non-hydrogen) atoms. The van der Waals surface area contributed by atoms with Crippen LogP contribution in [0.4, 0.5) is 6.01 Å². The van der Waals surface area contributed by atoms with Crippen molar-refractivity contribution in [2.75, 3.05) is 24.5 Å². The van der Waals surface area contributed by atoms with Crippen molar-refractivity contribution < 1.29 is 4.42 Å². The Morgan fingerprint density at radius 3 is 2.89 bits per heavy atom. The summed E-state index contributed by atoms with van der Waals surface area (Å²) in [6.45, 7) is 8.23. The molecule has 2 rings (SSSR count). The molecule has 4 nitrogen and oxygen atoms in total. The highest BCUT2D eigenvalue weighted by molar-refractivity contribution is 5.27. The Labute approximate surface area is 110 Å². The van der Waals surface area contributed by atoms with E-state index >= 15 is 0 Å². The van der Waals surface area contributed by atoms with Gasteiger partial charge in [0.25, 0.3) is 6.01 Å². The molecule has 4 heteroatoms. The molecule has 0 atom stereocenters. The van der Waals surface area contributed by atoms with E-state index in [-0.39, 0.29) is 0 Å². The summed E-state index contributed by atoms with van der Waals surface area (Å²) in [4.78, 5) is 6.82. The summed E-state index contributed by atoms with van der Waals surface area (Å²) in [5.74, 6) is 0.846. The molecule has 0 saturated heterocycles. The molecule has 1 saturated carbocycles. The minimum Gasteiger partial charge on any atom is -0.432 e. The van der Waals surface area contributed by atoms with Crippen molar-refractivity contribution in [1.82, 2.24) is 10.3 Å². The first kappa shape index (κ1) is 13.4. The Balaban J connectivity index is 1.85. The van der Waals surface area contributed by atoms with Crippen molar-refractivity contribution in [3.8, 4) is 0 Å². The van der Waals surface area contributed by atoms with Crippen molar-refractivity contribution >= 4 is 6.01 Å². The average molecular weight is 251 g/mol. The fourth-order valence-electron chi connectivity index (χ4n) is 2.25. The van der Waals surface area contributed by atoms with Crippen LogP contribution in [0.1, 0.15) is 45.2 Å². The van der Waals surface area contributed by atoms with Gasteiger partial charge in [0.15, 0.2) is 0 Å². The van der Waals surface area contributed by atoms with Crippen molar-refractivity contribution in [1.29, 1.82) is 0 Å². The van der Waals surface area contributed by atoms with Crippen molar-refractivity contribution in [3.05, 3.63) is 12.0 Å². The van der Waals surface area contributed by atoms with E-state index in [9.17, 15) is 0 Å². The standard InChI is InChI=1S/C14H25N3O/c1-3-8-15-9-13-11-18-14(16-13)17(4-2)10-12-6-5-7-12/h11-12,15H,3-10H2,1-2H3. The van der Waals surface area contributed by atoms with Gasteiger partial charge in [0.1, 0.15) is 6.26 Å². The molecule has 1 fully saturated rings. The van der Waals surface area contributed by atoms with Gasteiger partial charge in [-0.1, -0.05) is 13.3 Å². The van der Waals surface area contributed by atoms with Gasteiger partial charge in [0.2, 0.25) is 0 Å². The Kier molecular flexibility index (Phi) is 5.05. The molecule has 0 aromatic carbocycles. The first-order chi connectivity index (χ1) is 8.83. The van der Waals surface area contributed by atoms with Crippen LogP contribution in [0.15, 0.2) is 10.7 Å². The summed E-state index contributed by atoms with van der Waals surface area (Å²) < 4.78 is 5.59. The molecule has 1 aliphatic rings. The third kappa shape index (κ3) is 3.48. The first-order valence-electron chi connectivity index (χ1n) is 7.23. The minimum atomic E-state index is 0.790. The Morgan fingerprint density at radius 1 is 1.44 bits per heavy atom. The van der Waals surface area contributed by atoms with Crippen LogP contribution < -0.4 is 10.2 Å². The van der Waals surface area contributed by atoms with Gasteiger partial charge in [-0.2, -0.15) is 4.98 Å². The monoisotopic (exact) mass is 251 g/mol. The van der Waals surface area contributed by atoms with Gasteiger partial charge >= 0.3 is 0 Å². The van der Waals surface area contributed by atoms with Crippen LogP contribution in [0.2, 0.25) is 0 Å². The van der Waals surface area contributed by atoms with Crippen LogP contribution in [0, 0.1) is 5.92 Å². The number of anilines is 1. The zero-order valence-corrected chi connectivity index (χ0v) is 11.6. The second kappa shape index (κ2) is 6.78. The van der Waals surface area contributed by atoms with E-state index in [1.54, 1.807) is 6.26 Å². The van der Waals surface area contributed by atoms with Crippen LogP contribution in [-0.2, 0) is 6.54 Å². The second-order valence-electron chi connectivity index (χ2n) is 5.13. The number of rotatable bonds is 8. The highest BCUT2D eigenvalue weighted by Gasteiger charge is 2.22. The number of aromatic nitrogens is 1. The molecule has 1 heterocycles. The van der Waals surface area contributed by atoms with E-state index in [0.717, 1.165) is 50.2 Å². The molecule has 0 bridgehead atoms. The Morgan fingerprint density at radius 2 is 2.28 bits per heavy atom. The van der Waals surface area contributed by atoms with Crippen LogP contribution in [0.5, 0.6) is 0 Å². The Bertz CT molecular complexity index is 347. The van der Waals surface area contributed by atoms with Crippen LogP contribution >= 0.6 is 0 Å². The topological polar surface area (TPSA) is 41.3 Å². The zero-order valence-electron chi connectivity index (χ0n) is 11.6. The van der Waals surface area contributed by atoms with Gasteiger partial charge in [0.05, 0.1) is 5.69 Å². The Hall–Kier alpha value is -1.03. The summed E-state index contributed by atoms with van der Waals surface area (Å²) in [5.41, 5.74) is 1.01. The van der Waals surface area contributed by atoms with E-state index < -0.39 is 0 Å². The lowest BCUT2D eigenvalue weighted by Crippen LogP contribution is -2.32. The average Bonchev–Trinajstić information content (AvgIpc) is 2.77. The molecule has 0 amide bonds. The maximum Gasteiger partial charge on any atom is 0.297 e. The van der Waals surface area contributed by atoms with Crippen LogP contribution in [0.3, 0.4) is 0 Å². The van der Waals surface area contributed by atoms with Gasteiger partial charge in [-0.05, 0) is 38.6 Å². The van der Waals surface area contributed by atoms with E-state index in [1.165, 1.54) is 19.3 Å². The summed E-state index contributed by atoms with van der Waals surface area (Å²) in [7, 11) is 0. The molecule has 1 N–H and O–H groups in total. The molecular weight excluding hydrogens is 226 g/mol. The fourth-order valence-corrected chi connectivity index (χ4v) is 2.25. The fraction of sp³-hybridized carbons (Fsp3) is 0.786. The lowest BCUT2D eigenvalue weighted by molar-refractivity contribution is 0.313. The molecule has 102 valence electrons. The summed E-state index contributed by atoms with van der Waals surface area (Å²) >= 11 is 0. The highest BCUT2D eigenvalue weighted by Crippen LogP contribution is 2.28. The number of oxazole rings is 1. The predicted molar refractivity (Wildman–Crippen MR) is 73.7 cm³/mol. The molecular formula is C14H25N3O. The van der Waals surface area contributed by atoms with Gasteiger partial charge in [0, 0.05) is 19.6 Å². The quantitative estimate of drug-likeness (QED) is 0.721. The van der Waals surface area contributed by atoms with Gasteiger partial charge in [-0.3, -0.25) is 0 Å². The van der Waals surface area contributed by atoms with Crippen molar-refractivity contribution in [3.63, 3.8) is 0 Å². The third-order valence-corrected chi connectivity index (χ3v) is 3.63. The lowest BCUT2D eigenvalue weighted by atomic mass is 9.85. The summed E-state index contributed by atoms with van der Waals surface area (Å²) in [6, 6.07) is 0.790. The normalized spacial score (nSPS) is 15.7. The number of nitrogens with one attached hydrogen (secondary N) is 1. The van der Waals surface area contributed by atoms with Gasteiger partial charge in [-0.15, -0.1) is 0 Å². The van der Waals surface area contributed by atoms with E-state index in [0.29, 0.717) is 0 Å². The molecule has 1 aromatic rings. The van der Waals surface area contributed by atoms with Crippen LogP contribution in [0.25, 0.3) is 0 Å². The van der Waals surface area contributed by atoms with E-state index in [1.807, 2.05) is 0 Å². The maximum atomic E-state index is 5.59. The molecule has 0 spiro atoms. The molecule has 1 aromatic heterocycles. The third-order valence-electron chi connectivity index (χ3n) is 3.63. The summed E-state index contributed by atoms with van der Waals surface area (Å²) in [5, 5.41) is 3.34. The van der Waals surface area contributed by atoms with Crippen LogP contribution in [-0.4, -0.2) is 24.6 Å². The molecule has 0 unspecified atom stereocenters. The number of hydrogen-bond donors (Lipinski definition) is 1. The zero-order chi connectivity index (χ0) is 12.8. The van der Waals surface area contributed by atoms with Gasteiger partial charge in [-0.25, -0.2) is 0 Å². The molecule has 0 aliphatic heterocycles. The van der Waals surface area contributed by atoms with E-state index in [2.05, 4.69) is 29.0 Å². The highest BCUT2D eigenvalue weighted by atomic mass is 16.4. The molecule has 1 aliphatic carbocycles. The maximum absolute atomic E-state index is 5.59. The smallest absolute Gasteiger partial charge is 0.297 e. The van der Waals surface area contributed by atoms with E-state index in [4.69, 9.17) is 4.42 Å². The van der Waals surface area contributed by atoms with Gasteiger partial charge < -0.3 is 14.6 Å². The lowest BCUT2D eigenvalue weighted by Gasteiger charge is -2.30. The first-order valence-corrected chi connectivity index (χ1v) is 7.23. The number of hydrogen-bond acceptors (Lipinski definition) is 4. The number of nitrogens with zero attached hydrogens (tertiary/aromatic N) is 2. The van der Waals surface area contributed by atoms with Crippen molar-refractivity contribution in [2.45, 2.75) is 46.1 Å². The largest absolute Gasteiger partial charge is 0.432 e. The summed E-state index contributed by atoms with van der Waals surface area (Å²) in [6.07, 6.45) is 7.04. The second-order valence-corrected chi connectivity index (χ2v) is 5.13. The molecule has 0 radical (unpaired) electrons. The minimum absolute atomic E-state index is 0.790.